The molecule has 0 amide bonds. The molecule has 0 atom stereocenters. The minimum Gasteiger partial charge on any atom is -0.349 e. The number of nitrogens with zero attached hydrogens (tertiary/aromatic N) is 4. The molecule has 126 valence electrons. The standard InChI is InChI=1S/C18H23N5O/c1-5-8-9-10-22-15-11-14(13(6-2)7-3)19-16(15)17(24)23-12(4)20-21-18(22)23/h6-7,11,19H,2,5,8-10H2,1,3-4H3/b13-7+. The monoisotopic (exact) mass is 325 g/mol. The van der Waals surface area contributed by atoms with Gasteiger partial charge in [-0.05, 0) is 31.9 Å². The van der Waals surface area contributed by atoms with Crippen LogP contribution in [-0.2, 0) is 6.54 Å². The first kappa shape index (κ1) is 16.2. The fourth-order valence-electron chi connectivity index (χ4n) is 3.08. The van der Waals surface area contributed by atoms with Crippen LogP contribution in [0, 0.1) is 6.92 Å². The first-order chi connectivity index (χ1) is 11.6. The number of hydrogen-bond acceptors (Lipinski definition) is 3. The Kier molecular flexibility index (Phi) is 4.38. The van der Waals surface area contributed by atoms with Gasteiger partial charge in [0, 0.05) is 12.2 Å². The van der Waals surface area contributed by atoms with Crippen molar-refractivity contribution < 1.29 is 0 Å². The highest BCUT2D eigenvalue weighted by Gasteiger charge is 2.17. The van der Waals surface area contributed by atoms with Crippen LogP contribution in [0.2, 0.25) is 0 Å². The highest BCUT2D eigenvalue weighted by Crippen LogP contribution is 2.22. The van der Waals surface area contributed by atoms with Crippen molar-refractivity contribution in [1.29, 1.82) is 0 Å². The lowest BCUT2D eigenvalue weighted by Gasteiger charge is -2.09. The third-order valence-electron chi connectivity index (χ3n) is 4.38. The smallest absolute Gasteiger partial charge is 0.284 e. The zero-order chi connectivity index (χ0) is 17.3. The van der Waals surface area contributed by atoms with Gasteiger partial charge in [-0.25, -0.2) is 4.40 Å². The maximum absolute atomic E-state index is 12.9. The molecule has 0 aromatic carbocycles. The Hall–Kier alpha value is -2.63. The average Bonchev–Trinajstić information content (AvgIpc) is 3.17. The molecule has 3 rings (SSSR count). The normalized spacial score (nSPS) is 12.4. The maximum Gasteiger partial charge on any atom is 0.284 e. The summed E-state index contributed by atoms with van der Waals surface area (Å²) in [6, 6.07) is 2.00. The SMILES string of the molecule is C=C/C(=C\C)c1cc2c([nH]1)c(=O)n1c(C)nnc1n2CCCCC. The van der Waals surface area contributed by atoms with Crippen molar-refractivity contribution in [1.82, 2.24) is 24.1 Å². The van der Waals surface area contributed by atoms with Crippen molar-refractivity contribution in [2.45, 2.75) is 46.6 Å². The van der Waals surface area contributed by atoms with Gasteiger partial charge in [0.2, 0.25) is 5.78 Å². The van der Waals surface area contributed by atoms with Crippen molar-refractivity contribution in [2.24, 2.45) is 0 Å². The molecule has 1 N–H and O–H groups in total. The van der Waals surface area contributed by atoms with Crippen molar-refractivity contribution in [3.8, 4) is 0 Å². The summed E-state index contributed by atoms with van der Waals surface area (Å²) in [5.74, 6) is 1.21. The molecule has 0 saturated carbocycles. The van der Waals surface area contributed by atoms with Crippen LogP contribution in [0.25, 0.3) is 22.4 Å². The van der Waals surface area contributed by atoms with Crippen LogP contribution in [-0.4, -0.2) is 24.1 Å². The third kappa shape index (κ3) is 2.48. The molecule has 3 heterocycles. The van der Waals surface area contributed by atoms with E-state index in [1.807, 2.05) is 19.1 Å². The molecule has 6 heteroatoms. The number of aromatic amines is 1. The Labute approximate surface area is 140 Å². The topological polar surface area (TPSA) is 68.0 Å². The van der Waals surface area contributed by atoms with Gasteiger partial charge >= 0.3 is 0 Å². The summed E-state index contributed by atoms with van der Waals surface area (Å²) in [6.07, 6.45) is 7.07. The van der Waals surface area contributed by atoms with Crippen LogP contribution in [0.15, 0.2) is 29.6 Å². The van der Waals surface area contributed by atoms with Gasteiger partial charge in [-0.3, -0.25) is 4.79 Å². The minimum atomic E-state index is -0.111. The van der Waals surface area contributed by atoms with Gasteiger partial charge in [0.15, 0.2) is 0 Å². The van der Waals surface area contributed by atoms with E-state index < -0.39 is 0 Å². The third-order valence-corrected chi connectivity index (χ3v) is 4.38. The van der Waals surface area contributed by atoms with Gasteiger partial charge in [-0.2, -0.15) is 0 Å². The number of rotatable bonds is 6. The zero-order valence-corrected chi connectivity index (χ0v) is 14.5. The first-order valence-electron chi connectivity index (χ1n) is 8.38. The second-order valence-corrected chi connectivity index (χ2v) is 5.94. The van der Waals surface area contributed by atoms with E-state index in [4.69, 9.17) is 0 Å². The van der Waals surface area contributed by atoms with E-state index in [1.54, 1.807) is 17.4 Å². The first-order valence-corrected chi connectivity index (χ1v) is 8.38. The lowest BCUT2D eigenvalue weighted by atomic mass is 10.2. The lowest BCUT2D eigenvalue weighted by molar-refractivity contribution is 0.615. The van der Waals surface area contributed by atoms with Gasteiger partial charge in [0.25, 0.3) is 5.56 Å². The van der Waals surface area contributed by atoms with Crippen molar-refractivity contribution in [2.75, 3.05) is 0 Å². The number of hydrogen-bond donors (Lipinski definition) is 1. The Bertz CT molecular complexity index is 986. The minimum absolute atomic E-state index is 0.111. The number of fused-ring (bicyclic) bond motifs is 2. The molecular weight excluding hydrogens is 302 g/mol. The Morgan fingerprint density at radius 2 is 2.17 bits per heavy atom. The van der Waals surface area contributed by atoms with E-state index >= 15 is 0 Å². The van der Waals surface area contributed by atoms with E-state index in [2.05, 4.69) is 33.3 Å². The largest absolute Gasteiger partial charge is 0.349 e. The molecule has 0 unspecified atom stereocenters. The number of H-pyrrole nitrogens is 1. The van der Waals surface area contributed by atoms with E-state index in [0.29, 0.717) is 17.1 Å². The number of aryl methyl sites for hydroxylation is 2. The lowest BCUT2D eigenvalue weighted by Crippen LogP contribution is -2.19. The van der Waals surface area contributed by atoms with Crippen LogP contribution in [0.1, 0.15) is 44.6 Å². The Morgan fingerprint density at radius 3 is 2.83 bits per heavy atom. The molecule has 0 fully saturated rings. The average molecular weight is 325 g/mol. The molecule has 0 aliphatic heterocycles. The molecule has 0 bridgehead atoms. The molecule has 6 nitrogen and oxygen atoms in total. The molecule has 3 aromatic rings. The summed E-state index contributed by atoms with van der Waals surface area (Å²) in [5.41, 5.74) is 3.20. The fourth-order valence-corrected chi connectivity index (χ4v) is 3.08. The molecule has 24 heavy (non-hydrogen) atoms. The maximum atomic E-state index is 12.9. The van der Waals surface area contributed by atoms with Crippen molar-refractivity contribution >= 4 is 22.4 Å². The molecule has 3 aromatic heterocycles. The van der Waals surface area contributed by atoms with Gasteiger partial charge in [-0.1, -0.05) is 38.5 Å². The van der Waals surface area contributed by atoms with E-state index in [9.17, 15) is 4.79 Å². The van der Waals surface area contributed by atoms with Crippen molar-refractivity contribution in [3.05, 3.63) is 46.7 Å². The number of unbranched alkanes of at least 4 members (excludes halogenated alkanes) is 2. The summed E-state index contributed by atoms with van der Waals surface area (Å²) in [6.45, 7) is 10.6. The van der Waals surface area contributed by atoms with E-state index in [1.165, 1.54) is 0 Å². The summed E-state index contributed by atoms with van der Waals surface area (Å²) < 4.78 is 3.67. The predicted molar refractivity (Wildman–Crippen MR) is 97.2 cm³/mol. The molecule has 0 spiro atoms. The zero-order valence-electron chi connectivity index (χ0n) is 14.5. The van der Waals surface area contributed by atoms with E-state index in [0.717, 1.165) is 42.6 Å². The van der Waals surface area contributed by atoms with E-state index in [-0.39, 0.29) is 5.56 Å². The molecule has 0 saturated heterocycles. The second-order valence-electron chi connectivity index (χ2n) is 5.94. The molecule has 0 radical (unpaired) electrons. The number of nitrogens with one attached hydrogen (secondary N) is 1. The Morgan fingerprint density at radius 1 is 1.38 bits per heavy atom. The second kappa shape index (κ2) is 6.47. The van der Waals surface area contributed by atoms with Crippen molar-refractivity contribution in [3.63, 3.8) is 0 Å². The van der Waals surface area contributed by atoms with Gasteiger partial charge in [-0.15, -0.1) is 10.2 Å². The van der Waals surface area contributed by atoms with Crippen LogP contribution < -0.4 is 5.56 Å². The summed E-state index contributed by atoms with van der Waals surface area (Å²) in [7, 11) is 0. The van der Waals surface area contributed by atoms with Crippen LogP contribution in [0.5, 0.6) is 0 Å². The molecule has 0 aliphatic carbocycles. The highest BCUT2D eigenvalue weighted by atomic mass is 16.1. The van der Waals surface area contributed by atoms with Gasteiger partial charge in [0.1, 0.15) is 11.3 Å². The quantitative estimate of drug-likeness (QED) is 0.557. The fraction of sp³-hybridized carbons (Fsp3) is 0.389. The summed E-state index contributed by atoms with van der Waals surface area (Å²) in [5, 5.41) is 8.32. The van der Waals surface area contributed by atoms with Crippen LogP contribution >= 0.6 is 0 Å². The van der Waals surface area contributed by atoms with Crippen LogP contribution in [0.4, 0.5) is 0 Å². The summed E-state index contributed by atoms with van der Waals surface area (Å²) >= 11 is 0. The number of allylic oxidation sites excluding steroid dienone is 3. The highest BCUT2D eigenvalue weighted by molar-refractivity contribution is 5.85. The predicted octanol–water partition coefficient (Wildman–Crippen LogP) is 3.46. The number of aromatic nitrogens is 5. The molecule has 0 aliphatic rings. The van der Waals surface area contributed by atoms with Crippen LogP contribution in [0.3, 0.4) is 0 Å². The van der Waals surface area contributed by atoms with Gasteiger partial charge < -0.3 is 9.55 Å². The van der Waals surface area contributed by atoms with Gasteiger partial charge in [0.05, 0.1) is 5.52 Å². The Balaban J connectivity index is 2.32. The summed E-state index contributed by atoms with van der Waals surface area (Å²) in [4.78, 5) is 16.1. The molecular formula is C18H23N5O.